The fourth-order valence-corrected chi connectivity index (χ4v) is 1.39. The average molecular weight is 212 g/mol. The van der Waals surface area contributed by atoms with Crippen LogP contribution in [-0.2, 0) is 6.67 Å². The molecule has 0 aliphatic heterocycles. The fraction of sp³-hybridized carbons (Fsp3) is 0.250. The largest absolute Gasteiger partial charge is 0.382 e. The highest BCUT2D eigenvalue weighted by Gasteiger charge is 2.02. The summed E-state index contributed by atoms with van der Waals surface area (Å²) in [6, 6.07) is 1.81. The summed E-state index contributed by atoms with van der Waals surface area (Å²) >= 11 is 5.73. The zero-order valence-corrected chi connectivity index (χ0v) is 8.44. The molecule has 0 spiro atoms. The van der Waals surface area contributed by atoms with Crippen LogP contribution in [-0.4, -0.2) is 19.6 Å². The molecule has 0 bridgehead atoms. The summed E-state index contributed by atoms with van der Waals surface area (Å²) in [4.78, 5) is 0. The molecule has 0 unspecified atom stereocenters. The zero-order chi connectivity index (χ0) is 10.1. The van der Waals surface area contributed by atoms with E-state index in [0.29, 0.717) is 17.5 Å². The lowest BCUT2D eigenvalue weighted by molar-refractivity contribution is 0.495. The van der Waals surface area contributed by atoms with Gasteiger partial charge in [0.15, 0.2) is 0 Å². The molecule has 0 aliphatic carbocycles. The molecular formula is C8H10ClN5. The number of hydrogen-bond acceptors (Lipinski definition) is 3. The molecular weight excluding hydrogens is 202 g/mol. The minimum absolute atomic E-state index is 0.515. The molecule has 6 heteroatoms. The third-order valence-electron chi connectivity index (χ3n) is 1.88. The standard InChI is InChI=1S/C8H10ClN5/c1-6-2-8(10)12-14(6)5-13-4-7(9)3-11-13/h2-4H,5H2,1H3,(H2,10,12). The summed E-state index contributed by atoms with van der Waals surface area (Å²) in [5, 5.41) is 8.76. The Morgan fingerprint density at radius 3 is 2.86 bits per heavy atom. The molecule has 0 saturated carbocycles. The van der Waals surface area contributed by atoms with Crippen molar-refractivity contribution in [2.75, 3.05) is 5.73 Å². The van der Waals surface area contributed by atoms with Gasteiger partial charge in [-0.1, -0.05) is 11.6 Å². The van der Waals surface area contributed by atoms with Gasteiger partial charge < -0.3 is 5.73 Å². The highest BCUT2D eigenvalue weighted by atomic mass is 35.5. The van der Waals surface area contributed by atoms with Crippen molar-refractivity contribution in [3.8, 4) is 0 Å². The number of halogens is 1. The summed E-state index contributed by atoms with van der Waals surface area (Å²) in [6.07, 6.45) is 3.32. The average Bonchev–Trinajstić information content (AvgIpc) is 2.61. The van der Waals surface area contributed by atoms with Crippen LogP contribution in [0.5, 0.6) is 0 Å². The quantitative estimate of drug-likeness (QED) is 0.810. The normalized spacial score (nSPS) is 10.7. The van der Waals surface area contributed by atoms with Crippen LogP contribution < -0.4 is 5.73 Å². The molecule has 0 fully saturated rings. The van der Waals surface area contributed by atoms with E-state index in [0.717, 1.165) is 5.69 Å². The minimum Gasteiger partial charge on any atom is -0.382 e. The maximum Gasteiger partial charge on any atom is 0.145 e. The molecule has 0 atom stereocenters. The van der Waals surface area contributed by atoms with E-state index in [2.05, 4.69) is 10.2 Å². The van der Waals surface area contributed by atoms with Crippen LogP contribution in [0.2, 0.25) is 5.02 Å². The molecule has 5 nitrogen and oxygen atoms in total. The maximum absolute atomic E-state index is 5.73. The van der Waals surface area contributed by atoms with Crippen molar-refractivity contribution in [3.05, 3.63) is 29.2 Å². The van der Waals surface area contributed by atoms with E-state index >= 15 is 0 Å². The summed E-state index contributed by atoms with van der Waals surface area (Å²) < 4.78 is 3.46. The van der Waals surface area contributed by atoms with Crippen molar-refractivity contribution >= 4 is 17.4 Å². The summed E-state index contributed by atoms with van der Waals surface area (Å²) in [6.45, 7) is 2.46. The first-order valence-corrected chi connectivity index (χ1v) is 4.51. The maximum atomic E-state index is 5.73. The van der Waals surface area contributed by atoms with Crippen molar-refractivity contribution in [1.29, 1.82) is 0 Å². The number of anilines is 1. The number of nitrogens with zero attached hydrogens (tertiary/aromatic N) is 4. The first kappa shape index (κ1) is 9.08. The Morgan fingerprint density at radius 2 is 2.36 bits per heavy atom. The molecule has 2 aromatic heterocycles. The molecule has 0 aromatic carbocycles. The van der Waals surface area contributed by atoms with Crippen LogP contribution in [0.4, 0.5) is 5.82 Å². The van der Waals surface area contributed by atoms with E-state index in [1.54, 1.807) is 21.8 Å². The lowest BCUT2D eigenvalue weighted by Gasteiger charge is -2.03. The van der Waals surface area contributed by atoms with Gasteiger partial charge in [0.2, 0.25) is 0 Å². The van der Waals surface area contributed by atoms with Gasteiger partial charge in [-0.2, -0.15) is 10.2 Å². The summed E-state index contributed by atoms with van der Waals surface area (Å²) in [5.41, 5.74) is 6.55. The van der Waals surface area contributed by atoms with Crippen LogP contribution >= 0.6 is 11.6 Å². The fourth-order valence-electron chi connectivity index (χ4n) is 1.23. The molecule has 0 radical (unpaired) electrons. The van der Waals surface area contributed by atoms with E-state index in [-0.39, 0.29) is 0 Å². The smallest absolute Gasteiger partial charge is 0.145 e. The van der Waals surface area contributed by atoms with Gasteiger partial charge >= 0.3 is 0 Å². The van der Waals surface area contributed by atoms with E-state index in [9.17, 15) is 0 Å². The van der Waals surface area contributed by atoms with Gasteiger partial charge in [0, 0.05) is 18.0 Å². The van der Waals surface area contributed by atoms with Crippen LogP contribution in [0.1, 0.15) is 5.69 Å². The second-order valence-corrected chi connectivity index (χ2v) is 3.49. The summed E-state index contributed by atoms with van der Waals surface area (Å²) in [7, 11) is 0. The number of aromatic nitrogens is 4. The highest BCUT2D eigenvalue weighted by Crippen LogP contribution is 2.07. The molecule has 14 heavy (non-hydrogen) atoms. The van der Waals surface area contributed by atoms with E-state index in [4.69, 9.17) is 17.3 Å². The van der Waals surface area contributed by atoms with Gasteiger partial charge in [0.25, 0.3) is 0 Å². The van der Waals surface area contributed by atoms with Gasteiger partial charge in [-0.3, -0.25) is 0 Å². The van der Waals surface area contributed by atoms with Crippen molar-refractivity contribution in [2.24, 2.45) is 0 Å². The lowest BCUT2D eigenvalue weighted by atomic mass is 10.5. The van der Waals surface area contributed by atoms with Gasteiger partial charge in [-0.05, 0) is 6.92 Å². The third kappa shape index (κ3) is 1.72. The number of rotatable bonds is 2. The Morgan fingerprint density at radius 1 is 1.57 bits per heavy atom. The second-order valence-electron chi connectivity index (χ2n) is 3.05. The molecule has 2 N–H and O–H groups in total. The molecule has 0 aliphatic rings. The van der Waals surface area contributed by atoms with E-state index < -0.39 is 0 Å². The molecule has 0 amide bonds. The van der Waals surface area contributed by atoms with Crippen molar-refractivity contribution in [2.45, 2.75) is 13.6 Å². The van der Waals surface area contributed by atoms with Gasteiger partial charge in [-0.25, -0.2) is 9.36 Å². The molecule has 2 heterocycles. The Kier molecular flexibility index (Phi) is 2.17. The molecule has 2 rings (SSSR count). The lowest BCUT2D eigenvalue weighted by Crippen LogP contribution is -2.11. The molecule has 74 valence electrons. The summed E-state index contributed by atoms with van der Waals surface area (Å²) in [5.74, 6) is 0.515. The molecule has 0 saturated heterocycles. The topological polar surface area (TPSA) is 61.7 Å². The first-order chi connectivity index (χ1) is 6.65. The number of nitrogens with two attached hydrogens (primary N) is 1. The Balaban J connectivity index is 2.22. The predicted molar refractivity (Wildman–Crippen MR) is 54.0 cm³/mol. The van der Waals surface area contributed by atoms with Crippen LogP contribution in [0.25, 0.3) is 0 Å². The third-order valence-corrected chi connectivity index (χ3v) is 2.08. The minimum atomic E-state index is 0.515. The predicted octanol–water partition coefficient (Wildman–Crippen LogP) is 1.13. The van der Waals surface area contributed by atoms with Gasteiger partial charge in [0.05, 0.1) is 11.2 Å². The highest BCUT2D eigenvalue weighted by molar-refractivity contribution is 6.30. The Labute approximate surface area is 86.1 Å². The van der Waals surface area contributed by atoms with Crippen molar-refractivity contribution in [3.63, 3.8) is 0 Å². The SMILES string of the molecule is Cc1cc(N)nn1Cn1cc(Cl)cn1. The van der Waals surface area contributed by atoms with Gasteiger partial charge in [-0.15, -0.1) is 0 Å². The number of nitrogen functional groups attached to an aromatic ring is 1. The first-order valence-electron chi connectivity index (χ1n) is 4.13. The molecule has 2 aromatic rings. The van der Waals surface area contributed by atoms with E-state index in [1.807, 2.05) is 13.0 Å². The Hall–Kier alpha value is -1.49. The number of hydrogen-bond donors (Lipinski definition) is 1. The Bertz CT molecular complexity index is 444. The van der Waals surface area contributed by atoms with Gasteiger partial charge in [0.1, 0.15) is 12.5 Å². The number of aryl methyl sites for hydroxylation is 1. The van der Waals surface area contributed by atoms with Crippen molar-refractivity contribution in [1.82, 2.24) is 19.6 Å². The van der Waals surface area contributed by atoms with Crippen LogP contribution in [0, 0.1) is 6.92 Å². The van der Waals surface area contributed by atoms with Crippen molar-refractivity contribution < 1.29 is 0 Å². The van der Waals surface area contributed by atoms with Crippen LogP contribution in [0.15, 0.2) is 18.5 Å². The second kappa shape index (κ2) is 3.34. The van der Waals surface area contributed by atoms with Crippen LogP contribution in [0.3, 0.4) is 0 Å². The zero-order valence-electron chi connectivity index (χ0n) is 7.68. The van der Waals surface area contributed by atoms with E-state index in [1.165, 1.54) is 0 Å². The monoisotopic (exact) mass is 211 g/mol.